The van der Waals surface area contributed by atoms with Crippen molar-refractivity contribution in [3.63, 3.8) is 0 Å². The maximum Gasteiger partial charge on any atom is 0.268 e. The molecule has 0 radical (unpaired) electrons. The molecule has 21 heavy (non-hydrogen) atoms. The van der Waals surface area contributed by atoms with Gasteiger partial charge in [-0.2, -0.15) is 0 Å². The fourth-order valence-corrected chi connectivity index (χ4v) is 2.06. The van der Waals surface area contributed by atoms with Gasteiger partial charge in [0, 0.05) is 12.1 Å². The molecule has 0 saturated carbocycles. The van der Waals surface area contributed by atoms with Crippen LogP contribution in [0.25, 0.3) is 0 Å². The van der Waals surface area contributed by atoms with E-state index in [1.807, 2.05) is 18.2 Å². The first kappa shape index (κ1) is 15.7. The number of carbonyl (C=O) groups is 1. The summed E-state index contributed by atoms with van der Waals surface area (Å²) in [4.78, 5) is 14.7. The second-order valence-corrected chi connectivity index (χ2v) is 4.99. The molecule has 0 aliphatic heterocycles. The van der Waals surface area contributed by atoms with Gasteiger partial charge < -0.3 is 20.1 Å². The van der Waals surface area contributed by atoms with E-state index in [1.54, 1.807) is 6.07 Å². The zero-order valence-electron chi connectivity index (χ0n) is 11.0. The Morgan fingerprint density at radius 2 is 2.10 bits per heavy atom. The van der Waals surface area contributed by atoms with Gasteiger partial charge >= 0.3 is 0 Å². The van der Waals surface area contributed by atoms with Crippen molar-refractivity contribution in [1.82, 2.24) is 10.3 Å². The van der Waals surface area contributed by atoms with Gasteiger partial charge in [0.1, 0.15) is 23.2 Å². The molecule has 0 aliphatic rings. The Hall–Kier alpha value is -1.69. The monoisotopic (exact) mass is 328 g/mol. The van der Waals surface area contributed by atoms with Crippen molar-refractivity contribution in [3.8, 4) is 5.75 Å². The number of H-pyrrole nitrogens is 1. The summed E-state index contributed by atoms with van der Waals surface area (Å²) in [6, 6.07) is 8.74. The van der Waals surface area contributed by atoms with Gasteiger partial charge in [0.2, 0.25) is 0 Å². The van der Waals surface area contributed by atoms with E-state index in [9.17, 15) is 4.79 Å². The summed E-state index contributed by atoms with van der Waals surface area (Å²) in [6.45, 7) is 0.418. The van der Waals surface area contributed by atoms with Crippen LogP contribution in [0.2, 0.25) is 10.2 Å². The lowest BCUT2D eigenvalue weighted by atomic mass is 10.2. The summed E-state index contributed by atoms with van der Waals surface area (Å²) >= 11 is 11.5. The molecule has 3 N–H and O–H groups in total. The van der Waals surface area contributed by atoms with Crippen molar-refractivity contribution in [3.05, 3.63) is 51.8 Å². The molecule has 1 heterocycles. The highest BCUT2D eigenvalue weighted by Crippen LogP contribution is 2.22. The summed E-state index contributed by atoms with van der Waals surface area (Å²) < 4.78 is 5.40. The van der Waals surface area contributed by atoms with Gasteiger partial charge in [-0.3, -0.25) is 4.79 Å². The topological polar surface area (TPSA) is 74.3 Å². The van der Waals surface area contributed by atoms with Crippen LogP contribution in [0.3, 0.4) is 0 Å². The summed E-state index contributed by atoms with van der Waals surface area (Å²) in [5, 5.41) is 12.1. The highest BCUT2D eigenvalue weighted by molar-refractivity contribution is 6.41. The number of aromatic amines is 1. The zero-order chi connectivity index (χ0) is 15.2. The molecular weight excluding hydrogens is 315 g/mol. The molecular formula is C14H14Cl2N2O3. The molecule has 1 aromatic heterocycles. The normalized spacial score (nSPS) is 10.4. The van der Waals surface area contributed by atoms with Crippen molar-refractivity contribution in [2.75, 3.05) is 13.2 Å². The van der Waals surface area contributed by atoms with Gasteiger partial charge in [0.25, 0.3) is 5.91 Å². The Morgan fingerprint density at radius 3 is 2.76 bits per heavy atom. The fraction of sp³-hybridized carbons (Fsp3) is 0.214. The summed E-state index contributed by atoms with van der Waals surface area (Å²) in [6.07, 6.45) is 0. The number of ether oxygens (including phenoxy) is 1. The molecule has 0 bridgehead atoms. The maximum atomic E-state index is 12.0. The molecule has 0 fully saturated rings. The molecule has 2 aromatic rings. The first-order chi connectivity index (χ1) is 10.1. The highest BCUT2D eigenvalue weighted by Gasteiger charge is 2.12. The van der Waals surface area contributed by atoms with Crippen LogP contribution in [0.15, 0.2) is 30.3 Å². The largest absolute Gasteiger partial charge is 0.491 e. The number of para-hydroxylation sites is 1. The average Bonchev–Trinajstić information content (AvgIpc) is 2.83. The quantitative estimate of drug-likeness (QED) is 0.763. The molecule has 0 aliphatic carbocycles. The molecule has 5 nitrogen and oxygen atoms in total. The van der Waals surface area contributed by atoms with Crippen LogP contribution in [0.4, 0.5) is 0 Å². The molecule has 1 amide bonds. The third kappa shape index (κ3) is 4.14. The number of amides is 1. The van der Waals surface area contributed by atoms with E-state index in [1.165, 1.54) is 6.07 Å². The minimum absolute atomic E-state index is 0.0693. The van der Waals surface area contributed by atoms with Gasteiger partial charge in [-0.15, -0.1) is 0 Å². The number of benzene rings is 1. The number of aliphatic hydroxyl groups excluding tert-OH is 1. The van der Waals surface area contributed by atoms with Crippen LogP contribution in [-0.2, 0) is 6.54 Å². The second-order valence-electron chi connectivity index (χ2n) is 4.21. The molecule has 7 heteroatoms. The fourth-order valence-electron chi connectivity index (χ4n) is 1.74. The molecule has 0 atom stereocenters. The predicted octanol–water partition coefficient (Wildman–Crippen LogP) is 2.62. The Balaban J connectivity index is 2.01. The lowest BCUT2D eigenvalue weighted by Crippen LogP contribution is -2.23. The number of nitrogens with one attached hydrogen (secondary N) is 2. The summed E-state index contributed by atoms with van der Waals surface area (Å²) in [7, 11) is 0. The van der Waals surface area contributed by atoms with Crippen LogP contribution in [-0.4, -0.2) is 29.2 Å². The van der Waals surface area contributed by atoms with Gasteiger partial charge in [0.15, 0.2) is 0 Å². The number of aliphatic hydroxyl groups is 1. The van der Waals surface area contributed by atoms with E-state index in [0.29, 0.717) is 16.5 Å². The van der Waals surface area contributed by atoms with Gasteiger partial charge in [-0.25, -0.2) is 0 Å². The third-order valence-corrected chi connectivity index (χ3v) is 3.42. The zero-order valence-corrected chi connectivity index (χ0v) is 12.5. The van der Waals surface area contributed by atoms with Crippen LogP contribution in [0, 0.1) is 0 Å². The maximum absolute atomic E-state index is 12.0. The molecule has 2 rings (SSSR count). The van der Waals surface area contributed by atoms with E-state index in [-0.39, 0.29) is 30.8 Å². The lowest BCUT2D eigenvalue weighted by molar-refractivity contribution is 0.0946. The van der Waals surface area contributed by atoms with E-state index in [4.69, 9.17) is 33.0 Å². The number of carbonyl (C=O) groups excluding carboxylic acids is 1. The van der Waals surface area contributed by atoms with Crippen molar-refractivity contribution in [2.45, 2.75) is 6.54 Å². The third-order valence-electron chi connectivity index (χ3n) is 2.73. The Morgan fingerprint density at radius 1 is 1.33 bits per heavy atom. The Kier molecular flexibility index (Phi) is 5.50. The lowest BCUT2D eigenvalue weighted by Gasteiger charge is -2.11. The minimum atomic E-state index is -0.319. The van der Waals surface area contributed by atoms with Crippen LogP contribution >= 0.6 is 23.2 Å². The van der Waals surface area contributed by atoms with Crippen molar-refractivity contribution >= 4 is 29.1 Å². The molecule has 1 aromatic carbocycles. The number of hydrogen-bond acceptors (Lipinski definition) is 3. The molecule has 0 unspecified atom stereocenters. The standard InChI is InChI=1S/C14H14Cl2N2O3/c15-10-7-11(18-13(10)16)14(20)17-8-9-3-1-2-4-12(9)21-6-5-19/h1-4,7,18-19H,5-6,8H2,(H,17,20). The van der Waals surface area contributed by atoms with Gasteiger partial charge in [-0.1, -0.05) is 41.4 Å². The Labute approximate surface area is 131 Å². The number of aromatic nitrogens is 1. The molecule has 0 spiro atoms. The van der Waals surface area contributed by atoms with Gasteiger partial charge in [-0.05, 0) is 12.1 Å². The minimum Gasteiger partial charge on any atom is -0.491 e. The molecule has 0 saturated heterocycles. The molecule has 112 valence electrons. The van der Waals surface area contributed by atoms with E-state index < -0.39 is 0 Å². The first-order valence-electron chi connectivity index (χ1n) is 6.25. The van der Waals surface area contributed by atoms with Crippen LogP contribution < -0.4 is 10.1 Å². The highest BCUT2D eigenvalue weighted by atomic mass is 35.5. The van der Waals surface area contributed by atoms with Gasteiger partial charge in [0.05, 0.1) is 11.6 Å². The average molecular weight is 329 g/mol. The predicted molar refractivity (Wildman–Crippen MR) is 81.0 cm³/mol. The summed E-state index contributed by atoms with van der Waals surface area (Å²) in [5.74, 6) is 0.301. The van der Waals surface area contributed by atoms with Crippen molar-refractivity contribution in [2.24, 2.45) is 0 Å². The van der Waals surface area contributed by atoms with E-state index >= 15 is 0 Å². The Bertz CT molecular complexity index is 609. The van der Waals surface area contributed by atoms with Crippen molar-refractivity contribution in [1.29, 1.82) is 0 Å². The van der Waals surface area contributed by atoms with Crippen LogP contribution in [0.1, 0.15) is 16.1 Å². The van der Waals surface area contributed by atoms with E-state index in [2.05, 4.69) is 10.3 Å². The van der Waals surface area contributed by atoms with E-state index in [0.717, 1.165) is 5.56 Å². The van der Waals surface area contributed by atoms with Crippen molar-refractivity contribution < 1.29 is 14.6 Å². The summed E-state index contributed by atoms with van der Waals surface area (Å²) in [5.41, 5.74) is 1.10. The number of hydrogen-bond donors (Lipinski definition) is 3. The van der Waals surface area contributed by atoms with Crippen LogP contribution in [0.5, 0.6) is 5.75 Å². The SMILES string of the molecule is O=C(NCc1ccccc1OCCO)c1cc(Cl)c(Cl)[nH]1. The number of halogens is 2. The smallest absolute Gasteiger partial charge is 0.268 e. The second kappa shape index (κ2) is 7.36. The first-order valence-corrected chi connectivity index (χ1v) is 7.01. The number of rotatable bonds is 6.